The van der Waals surface area contributed by atoms with Crippen molar-refractivity contribution in [3.63, 3.8) is 0 Å². The third-order valence-corrected chi connectivity index (χ3v) is 6.72. The van der Waals surface area contributed by atoms with Gasteiger partial charge in [0.15, 0.2) is 16.6 Å². The van der Waals surface area contributed by atoms with E-state index in [9.17, 15) is 4.79 Å². The third kappa shape index (κ3) is 6.04. The highest BCUT2D eigenvalue weighted by Crippen LogP contribution is 2.35. The molecule has 0 aliphatic carbocycles. The molecule has 188 valence electrons. The summed E-state index contributed by atoms with van der Waals surface area (Å²) in [5, 5.41) is 0.650. The minimum atomic E-state index is -0.126. The zero-order chi connectivity index (χ0) is 24.6. The number of para-hydroxylation sites is 1. The Balaban J connectivity index is 1.67. The van der Waals surface area contributed by atoms with E-state index in [0.717, 1.165) is 35.6 Å². The van der Waals surface area contributed by atoms with Crippen LogP contribution in [0.15, 0.2) is 36.4 Å². The van der Waals surface area contributed by atoms with E-state index >= 15 is 0 Å². The van der Waals surface area contributed by atoms with Gasteiger partial charge in [0, 0.05) is 31.7 Å². The van der Waals surface area contributed by atoms with Crippen LogP contribution < -0.4 is 19.1 Å². The highest BCUT2D eigenvalue weighted by molar-refractivity contribution is 7.22. The minimum absolute atomic E-state index is 0.126. The number of hydrogen-bond acceptors (Lipinski definition) is 8. The van der Waals surface area contributed by atoms with E-state index in [0.29, 0.717) is 61.8 Å². The van der Waals surface area contributed by atoms with Crippen molar-refractivity contribution in [1.29, 1.82) is 0 Å². The maximum atomic E-state index is 13.9. The summed E-state index contributed by atoms with van der Waals surface area (Å²) in [6.07, 6.45) is 0. The maximum absolute atomic E-state index is 13.9. The summed E-state index contributed by atoms with van der Waals surface area (Å²) in [4.78, 5) is 22.8. The second kappa shape index (κ2) is 12.2. The molecule has 1 aliphatic rings. The minimum Gasteiger partial charge on any atom is -0.492 e. The number of rotatable bonds is 11. The van der Waals surface area contributed by atoms with Crippen LogP contribution >= 0.6 is 11.3 Å². The number of thiazole rings is 1. The summed E-state index contributed by atoms with van der Waals surface area (Å²) in [5.41, 5.74) is 1.31. The molecule has 1 amide bonds. The summed E-state index contributed by atoms with van der Waals surface area (Å²) in [6.45, 7) is 11.7. The molecule has 1 fully saturated rings. The molecule has 1 saturated heterocycles. The molecule has 0 atom stereocenters. The van der Waals surface area contributed by atoms with E-state index in [1.165, 1.54) is 11.3 Å². The van der Waals surface area contributed by atoms with Crippen molar-refractivity contribution in [2.24, 2.45) is 0 Å². The van der Waals surface area contributed by atoms with Crippen molar-refractivity contribution in [2.45, 2.75) is 20.8 Å². The molecule has 3 aromatic rings. The highest BCUT2D eigenvalue weighted by atomic mass is 32.1. The largest absolute Gasteiger partial charge is 0.492 e. The average Bonchev–Trinajstić information content (AvgIpc) is 3.31. The van der Waals surface area contributed by atoms with Crippen LogP contribution in [0.25, 0.3) is 10.2 Å². The lowest BCUT2D eigenvalue weighted by molar-refractivity contribution is 0.0391. The van der Waals surface area contributed by atoms with Gasteiger partial charge in [0.05, 0.1) is 37.7 Å². The Hall–Kier alpha value is -2.88. The molecule has 0 saturated carbocycles. The number of anilines is 1. The van der Waals surface area contributed by atoms with Crippen LogP contribution in [-0.4, -0.2) is 75.0 Å². The van der Waals surface area contributed by atoms with Gasteiger partial charge in [-0.1, -0.05) is 17.4 Å². The van der Waals surface area contributed by atoms with Crippen LogP contribution in [0, 0.1) is 0 Å². The topological polar surface area (TPSA) is 73.4 Å². The van der Waals surface area contributed by atoms with Gasteiger partial charge in [0.2, 0.25) is 0 Å². The number of hydrogen-bond donors (Lipinski definition) is 0. The summed E-state index contributed by atoms with van der Waals surface area (Å²) in [6, 6.07) is 11.2. The molecule has 0 unspecified atom stereocenters. The van der Waals surface area contributed by atoms with Crippen LogP contribution in [0.3, 0.4) is 0 Å². The summed E-state index contributed by atoms with van der Waals surface area (Å²) in [7, 11) is 0. The first-order chi connectivity index (χ1) is 17.1. The molecule has 1 aliphatic heterocycles. The van der Waals surface area contributed by atoms with E-state index in [-0.39, 0.29) is 5.91 Å². The molecule has 8 nitrogen and oxygen atoms in total. The van der Waals surface area contributed by atoms with Gasteiger partial charge in [0.1, 0.15) is 11.3 Å². The number of benzene rings is 2. The lowest BCUT2D eigenvalue weighted by atomic mass is 10.1. The summed E-state index contributed by atoms with van der Waals surface area (Å²) >= 11 is 1.50. The molecule has 35 heavy (non-hydrogen) atoms. The fourth-order valence-electron chi connectivity index (χ4n) is 3.99. The molecule has 0 N–H and O–H groups in total. The van der Waals surface area contributed by atoms with Gasteiger partial charge in [0.25, 0.3) is 5.91 Å². The van der Waals surface area contributed by atoms with Crippen LogP contribution in [0.2, 0.25) is 0 Å². The highest BCUT2D eigenvalue weighted by Gasteiger charge is 2.24. The van der Waals surface area contributed by atoms with E-state index in [1.807, 2.05) is 39.0 Å². The Morgan fingerprint density at radius 1 is 1.00 bits per heavy atom. The van der Waals surface area contributed by atoms with Crippen molar-refractivity contribution >= 4 is 32.6 Å². The van der Waals surface area contributed by atoms with Crippen molar-refractivity contribution in [3.8, 4) is 17.2 Å². The number of carbonyl (C=O) groups excluding carboxylic acids is 1. The van der Waals surface area contributed by atoms with Gasteiger partial charge in [-0.25, -0.2) is 4.98 Å². The van der Waals surface area contributed by atoms with Gasteiger partial charge in [-0.3, -0.25) is 14.6 Å². The number of ether oxygens (including phenoxy) is 4. The van der Waals surface area contributed by atoms with Gasteiger partial charge in [-0.05, 0) is 51.1 Å². The van der Waals surface area contributed by atoms with Crippen LogP contribution in [0.5, 0.6) is 17.2 Å². The van der Waals surface area contributed by atoms with Crippen LogP contribution in [0.1, 0.15) is 31.1 Å². The fraction of sp³-hybridized carbons (Fsp3) is 0.462. The number of morpholine rings is 1. The molecular weight excluding hydrogens is 466 g/mol. The smallest absolute Gasteiger partial charge is 0.260 e. The molecular formula is C26H33N3O5S. The molecule has 4 rings (SSSR count). The SMILES string of the molecule is CCOc1ccc(C(=O)N(CCN2CCOCC2)c2nc3c(OCC)cccc3s2)cc1OCC. The fourth-order valence-corrected chi connectivity index (χ4v) is 5.00. The quantitative estimate of drug-likeness (QED) is 0.385. The first-order valence-electron chi connectivity index (χ1n) is 12.2. The Morgan fingerprint density at radius 3 is 2.46 bits per heavy atom. The van der Waals surface area contributed by atoms with Gasteiger partial charge in [-0.15, -0.1) is 0 Å². The van der Waals surface area contributed by atoms with Crippen LogP contribution in [0.4, 0.5) is 5.13 Å². The van der Waals surface area contributed by atoms with Gasteiger partial charge in [-0.2, -0.15) is 0 Å². The number of carbonyl (C=O) groups is 1. The predicted molar refractivity (Wildman–Crippen MR) is 139 cm³/mol. The first kappa shape index (κ1) is 25.2. The van der Waals surface area contributed by atoms with Gasteiger partial charge < -0.3 is 18.9 Å². The summed E-state index contributed by atoms with van der Waals surface area (Å²) < 4.78 is 23.7. The number of amides is 1. The normalized spacial score (nSPS) is 14.1. The molecule has 2 heterocycles. The summed E-state index contributed by atoms with van der Waals surface area (Å²) in [5.74, 6) is 1.80. The monoisotopic (exact) mass is 499 g/mol. The van der Waals surface area contributed by atoms with Crippen molar-refractivity contribution in [1.82, 2.24) is 9.88 Å². The van der Waals surface area contributed by atoms with Crippen LogP contribution in [-0.2, 0) is 4.74 Å². The molecule has 0 spiro atoms. The first-order valence-corrected chi connectivity index (χ1v) is 13.0. The molecule has 0 bridgehead atoms. The Kier molecular flexibility index (Phi) is 8.79. The third-order valence-electron chi connectivity index (χ3n) is 5.68. The van der Waals surface area contributed by atoms with E-state index in [1.54, 1.807) is 23.1 Å². The average molecular weight is 500 g/mol. The molecule has 2 aromatic carbocycles. The molecule has 0 radical (unpaired) electrons. The maximum Gasteiger partial charge on any atom is 0.260 e. The Bertz CT molecular complexity index is 1130. The molecule has 9 heteroatoms. The van der Waals surface area contributed by atoms with Crippen molar-refractivity contribution in [2.75, 3.05) is 64.1 Å². The second-order valence-electron chi connectivity index (χ2n) is 7.97. The van der Waals surface area contributed by atoms with Crippen molar-refractivity contribution < 1.29 is 23.7 Å². The Labute approximate surface area is 210 Å². The number of aromatic nitrogens is 1. The predicted octanol–water partition coefficient (Wildman–Crippen LogP) is 4.47. The van der Waals surface area contributed by atoms with Crippen molar-refractivity contribution in [3.05, 3.63) is 42.0 Å². The zero-order valence-corrected chi connectivity index (χ0v) is 21.4. The second-order valence-corrected chi connectivity index (χ2v) is 8.98. The van der Waals surface area contributed by atoms with E-state index in [2.05, 4.69) is 4.90 Å². The van der Waals surface area contributed by atoms with Gasteiger partial charge >= 0.3 is 0 Å². The molecule has 1 aromatic heterocycles. The van der Waals surface area contributed by atoms with E-state index in [4.69, 9.17) is 23.9 Å². The Morgan fingerprint density at radius 2 is 1.71 bits per heavy atom. The van der Waals surface area contributed by atoms with E-state index < -0.39 is 0 Å². The standard InChI is InChI=1S/C26H33N3O5S/c1-4-32-20-11-10-19(18-22(20)34-6-3)25(30)29(13-12-28-14-16-31-17-15-28)26-27-24-21(33-5-2)8-7-9-23(24)35-26/h7-11,18H,4-6,12-17H2,1-3H3. The lowest BCUT2D eigenvalue weighted by Gasteiger charge is -2.29. The lowest BCUT2D eigenvalue weighted by Crippen LogP contribution is -2.43. The zero-order valence-electron chi connectivity index (χ0n) is 20.6. The number of fused-ring (bicyclic) bond motifs is 1. The number of nitrogens with zero attached hydrogens (tertiary/aromatic N) is 3.